The van der Waals surface area contributed by atoms with Crippen LogP contribution in [0.4, 0.5) is 0 Å². The molecule has 5 nitrogen and oxygen atoms in total. The first-order valence-corrected chi connectivity index (χ1v) is 7.29. The van der Waals surface area contributed by atoms with Crippen molar-refractivity contribution < 1.29 is 14.1 Å². The van der Waals surface area contributed by atoms with E-state index in [-0.39, 0.29) is 5.97 Å². The summed E-state index contributed by atoms with van der Waals surface area (Å²) in [4.78, 5) is 16.6. The van der Waals surface area contributed by atoms with Crippen LogP contribution in [0.3, 0.4) is 0 Å². The van der Waals surface area contributed by atoms with E-state index >= 15 is 0 Å². The van der Waals surface area contributed by atoms with Gasteiger partial charge in [0.25, 0.3) is 0 Å². The number of nitrogens with zero attached hydrogens (tertiary/aromatic N) is 2. The molecule has 3 rings (SSSR count). The first kappa shape index (κ1) is 13.8. The Morgan fingerprint density at radius 1 is 1.33 bits per heavy atom. The Labute approximate surface area is 123 Å². The van der Waals surface area contributed by atoms with Crippen LogP contribution in [0, 0.1) is 0 Å². The third kappa shape index (κ3) is 2.55. The molecule has 0 atom stereocenters. The number of ether oxygens (including phenoxy) is 1. The number of hydrogen-bond acceptors (Lipinski definition) is 5. The summed E-state index contributed by atoms with van der Waals surface area (Å²) in [5.41, 5.74) is 0.404. The zero-order chi connectivity index (χ0) is 14.7. The van der Waals surface area contributed by atoms with Gasteiger partial charge in [-0.2, -0.15) is 4.98 Å². The average Bonchev–Trinajstić information content (AvgIpc) is 2.88. The Balaban J connectivity index is 1.79. The largest absolute Gasteiger partial charge is 0.465 e. The molecule has 1 aromatic carbocycles. The van der Waals surface area contributed by atoms with E-state index in [4.69, 9.17) is 9.26 Å². The normalized spacial score (nSPS) is 16.2. The molecule has 1 aliphatic rings. The van der Waals surface area contributed by atoms with Crippen molar-refractivity contribution in [2.45, 2.75) is 38.0 Å². The third-order valence-corrected chi connectivity index (χ3v) is 3.96. The molecular weight excluding hydrogens is 268 g/mol. The highest BCUT2D eigenvalue weighted by Gasteiger charge is 2.51. The molecule has 0 unspecified atom stereocenters. The van der Waals surface area contributed by atoms with Gasteiger partial charge in [-0.25, -0.2) is 0 Å². The van der Waals surface area contributed by atoms with E-state index in [0.29, 0.717) is 24.7 Å². The van der Waals surface area contributed by atoms with E-state index in [2.05, 4.69) is 10.1 Å². The standard InChI is InChI=1S/C16H18N2O3/c1-2-20-15(19)16(9-6-10-16)14-17-13(18-21-14)11-12-7-4-3-5-8-12/h3-5,7-8H,2,6,9-11H2,1H3. The molecule has 5 heteroatoms. The number of esters is 1. The smallest absolute Gasteiger partial charge is 0.321 e. The van der Waals surface area contributed by atoms with Gasteiger partial charge in [-0.3, -0.25) is 4.79 Å². The van der Waals surface area contributed by atoms with Crippen molar-refractivity contribution in [3.63, 3.8) is 0 Å². The zero-order valence-corrected chi connectivity index (χ0v) is 12.0. The van der Waals surface area contributed by atoms with Crippen molar-refractivity contribution in [3.8, 4) is 0 Å². The van der Waals surface area contributed by atoms with Gasteiger partial charge >= 0.3 is 5.97 Å². The molecule has 1 heterocycles. The number of carbonyl (C=O) groups excluding carboxylic acids is 1. The molecule has 2 aromatic rings. The van der Waals surface area contributed by atoms with E-state index in [1.165, 1.54) is 0 Å². The van der Waals surface area contributed by atoms with Gasteiger partial charge in [0.05, 0.1) is 6.61 Å². The Kier molecular flexibility index (Phi) is 3.73. The van der Waals surface area contributed by atoms with Crippen LogP contribution in [0.15, 0.2) is 34.9 Å². The van der Waals surface area contributed by atoms with Crippen molar-refractivity contribution >= 4 is 5.97 Å². The Hall–Kier alpha value is -2.17. The predicted octanol–water partition coefficient (Wildman–Crippen LogP) is 2.65. The second-order valence-electron chi connectivity index (χ2n) is 5.33. The summed E-state index contributed by atoms with van der Waals surface area (Å²) < 4.78 is 10.5. The molecule has 1 saturated carbocycles. The number of carbonyl (C=O) groups is 1. The highest BCUT2D eigenvalue weighted by molar-refractivity contribution is 5.83. The van der Waals surface area contributed by atoms with Crippen molar-refractivity contribution in [1.82, 2.24) is 10.1 Å². The topological polar surface area (TPSA) is 65.2 Å². The Bertz CT molecular complexity index is 617. The van der Waals surface area contributed by atoms with Gasteiger partial charge in [0.15, 0.2) is 5.82 Å². The minimum Gasteiger partial charge on any atom is -0.465 e. The van der Waals surface area contributed by atoms with Crippen LogP contribution in [-0.4, -0.2) is 22.7 Å². The summed E-state index contributed by atoms with van der Waals surface area (Å²) in [5, 5.41) is 4.01. The molecule has 1 aromatic heterocycles. The molecule has 0 radical (unpaired) electrons. The molecule has 1 aliphatic carbocycles. The fraction of sp³-hybridized carbons (Fsp3) is 0.438. The van der Waals surface area contributed by atoms with E-state index < -0.39 is 5.41 Å². The van der Waals surface area contributed by atoms with Crippen molar-refractivity contribution in [1.29, 1.82) is 0 Å². The van der Waals surface area contributed by atoms with Crippen molar-refractivity contribution in [2.75, 3.05) is 6.61 Å². The van der Waals surface area contributed by atoms with E-state index in [9.17, 15) is 4.79 Å². The molecule has 0 saturated heterocycles. The average molecular weight is 286 g/mol. The first-order valence-electron chi connectivity index (χ1n) is 7.29. The number of benzene rings is 1. The minimum atomic E-state index is -0.710. The number of aromatic nitrogens is 2. The lowest BCUT2D eigenvalue weighted by molar-refractivity contribution is -0.155. The molecule has 0 aliphatic heterocycles. The molecule has 1 fully saturated rings. The summed E-state index contributed by atoms with van der Waals surface area (Å²) in [6.07, 6.45) is 3.02. The summed E-state index contributed by atoms with van der Waals surface area (Å²) >= 11 is 0. The summed E-state index contributed by atoms with van der Waals surface area (Å²) in [5.74, 6) is 0.760. The predicted molar refractivity (Wildman–Crippen MR) is 75.7 cm³/mol. The number of hydrogen-bond donors (Lipinski definition) is 0. The summed E-state index contributed by atoms with van der Waals surface area (Å²) in [7, 11) is 0. The first-order chi connectivity index (χ1) is 10.2. The maximum atomic E-state index is 12.2. The Morgan fingerprint density at radius 3 is 2.71 bits per heavy atom. The Morgan fingerprint density at radius 2 is 2.10 bits per heavy atom. The summed E-state index contributed by atoms with van der Waals surface area (Å²) in [6, 6.07) is 9.95. The van der Waals surface area contributed by atoms with Crippen LogP contribution in [0.2, 0.25) is 0 Å². The van der Waals surface area contributed by atoms with Crippen LogP contribution in [0.1, 0.15) is 43.5 Å². The maximum absolute atomic E-state index is 12.2. The second kappa shape index (κ2) is 5.68. The lowest BCUT2D eigenvalue weighted by Crippen LogP contribution is -2.44. The van der Waals surface area contributed by atoms with Crippen LogP contribution < -0.4 is 0 Å². The molecule has 0 bridgehead atoms. The van der Waals surface area contributed by atoms with Crippen molar-refractivity contribution in [3.05, 3.63) is 47.6 Å². The molecule has 0 amide bonds. The van der Waals surface area contributed by atoms with Crippen LogP contribution in [0.5, 0.6) is 0 Å². The minimum absolute atomic E-state index is 0.244. The van der Waals surface area contributed by atoms with Crippen LogP contribution >= 0.6 is 0 Å². The van der Waals surface area contributed by atoms with Gasteiger partial charge in [-0.05, 0) is 25.3 Å². The maximum Gasteiger partial charge on any atom is 0.321 e. The number of rotatable bonds is 5. The van der Waals surface area contributed by atoms with Gasteiger partial charge < -0.3 is 9.26 Å². The molecule has 110 valence electrons. The fourth-order valence-electron chi connectivity index (χ4n) is 2.60. The molecule has 0 spiro atoms. The van der Waals surface area contributed by atoms with E-state index in [0.717, 1.165) is 24.8 Å². The van der Waals surface area contributed by atoms with E-state index in [1.54, 1.807) is 6.92 Å². The molecular formula is C16H18N2O3. The lowest BCUT2D eigenvalue weighted by atomic mass is 9.68. The third-order valence-electron chi connectivity index (χ3n) is 3.96. The fourth-order valence-corrected chi connectivity index (χ4v) is 2.60. The van der Waals surface area contributed by atoms with Gasteiger partial charge in [0.2, 0.25) is 5.89 Å². The van der Waals surface area contributed by atoms with Crippen molar-refractivity contribution in [2.24, 2.45) is 0 Å². The van der Waals surface area contributed by atoms with Gasteiger partial charge in [-0.1, -0.05) is 41.9 Å². The highest BCUT2D eigenvalue weighted by Crippen LogP contribution is 2.44. The highest BCUT2D eigenvalue weighted by atomic mass is 16.5. The van der Waals surface area contributed by atoms with Gasteiger partial charge in [0.1, 0.15) is 5.41 Å². The van der Waals surface area contributed by atoms with Gasteiger partial charge in [-0.15, -0.1) is 0 Å². The molecule has 21 heavy (non-hydrogen) atoms. The second-order valence-corrected chi connectivity index (χ2v) is 5.33. The van der Waals surface area contributed by atoms with E-state index in [1.807, 2.05) is 30.3 Å². The van der Waals surface area contributed by atoms with Gasteiger partial charge in [0, 0.05) is 6.42 Å². The van der Waals surface area contributed by atoms with Crippen LogP contribution in [0.25, 0.3) is 0 Å². The SMILES string of the molecule is CCOC(=O)C1(c2nc(Cc3ccccc3)no2)CCC1. The lowest BCUT2D eigenvalue weighted by Gasteiger charge is -2.35. The monoisotopic (exact) mass is 286 g/mol. The molecule has 0 N–H and O–H groups in total. The quantitative estimate of drug-likeness (QED) is 0.791. The summed E-state index contributed by atoms with van der Waals surface area (Å²) in [6.45, 7) is 2.17. The van der Waals surface area contributed by atoms with Crippen LogP contribution in [-0.2, 0) is 21.4 Å². The zero-order valence-electron chi connectivity index (χ0n) is 12.0.